The first-order valence-corrected chi connectivity index (χ1v) is 5.18. The SMILES string of the molecule is O=C(CCl)N=Cc1c(O)[nH]c2ccccc12. The van der Waals surface area contributed by atoms with Crippen LogP contribution >= 0.6 is 11.6 Å². The number of aromatic amines is 1. The van der Waals surface area contributed by atoms with Gasteiger partial charge in [0.15, 0.2) is 5.88 Å². The molecule has 82 valence electrons. The van der Waals surface area contributed by atoms with E-state index in [0.29, 0.717) is 5.56 Å². The number of hydrogen-bond acceptors (Lipinski definition) is 2. The van der Waals surface area contributed by atoms with Crippen molar-refractivity contribution in [1.82, 2.24) is 4.98 Å². The average Bonchev–Trinajstić information content (AvgIpc) is 2.62. The van der Waals surface area contributed by atoms with Crippen LogP contribution in [0.1, 0.15) is 5.56 Å². The molecular weight excluding hydrogens is 228 g/mol. The van der Waals surface area contributed by atoms with E-state index in [1.165, 1.54) is 6.21 Å². The highest BCUT2D eigenvalue weighted by Crippen LogP contribution is 2.24. The van der Waals surface area contributed by atoms with E-state index in [9.17, 15) is 9.90 Å². The van der Waals surface area contributed by atoms with E-state index in [1.807, 2.05) is 24.3 Å². The number of para-hydroxylation sites is 1. The molecule has 4 nitrogen and oxygen atoms in total. The number of rotatable bonds is 2. The van der Waals surface area contributed by atoms with Crippen molar-refractivity contribution < 1.29 is 9.90 Å². The molecule has 2 rings (SSSR count). The van der Waals surface area contributed by atoms with Gasteiger partial charge in [0.25, 0.3) is 5.91 Å². The molecule has 16 heavy (non-hydrogen) atoms. The second-order valence-corrected chi connectivity index (χ2v) is 3.49. The summed E-state index contributed by atoms with van der Waals surface area (Å²) >= 11 is 5.32. The summed E-state index contributed by atoms with van der Waals surface area (Å²) in [4.78, 5) is 17.3. The van der Waals surface area contributed by atoms with Gasteiger partial charge in [-0.15, -0.1) is 11.6 Å². The molecule has 2 aromatic rings. The summed E-state index contributed by atoms with van der Waals surface area (Å²) in [6, 6.07) is 7.35. The van der Waals surface area contributed by atoms with Gasteiger partial charge in [-0.1, -0.05) is 18.2 Å². The van der Waals surface area contributed by atoms with Crippen LogP contribution in [-0.2, 0) is 4.79 Å². The fourth-order valence-electron chi connectivity index (χ4n) is 1.45. The number of aromatic nitrogens is 1. The third-order valence-corrected chi connectivity index (χ3v) is 2.41. The number of carbonyl (C=O) groups is 1. The Morgan fingerprint density at radius 1 is 1.50 bits per heavy atom. The van der Waals surface area contributed by atoms with Crippen LogP contribution in [0.2, 0.25) is 0 Å². The van der Waals surface area contributed by atoms with Crippen molar-refractivity contribution in [2.45, 2.75) is 0 Å². The number of nitrogens with zero attached hydrogens (tertiary/aromatic N) is 1. The number of aromatic hydroxyl groups is 1. The van der Waals surface area contributed by atoms with Crippen LogP contribution in [0.4, 0.5) is 0 Å². The molecule has 5 heteroatoms. The summed E-state index contributed by atoms with van der Waals surface area (Å²) < 4.78 is 0. The average molecular weight is 237 g/mol. The quantitative estimate of drug-likeness (QED) is 0.619. The lowest BCUT2D eigenvalue weighted by Crippen LogP contribution is -1.94. The van der Waals surface area contributed by atoms with Gasteiger partial charge >= 0.3 is 0 Å². The van der Waals surface area contributed by atoms with Crippen LogP contribution in [0.25, 0.3) is 10.9 Å². The Morgan fingerprint density at radius 2 is 2.25 bits per heavy atom. The number of amides is 1. The number of nitrogens with one attached hydrogen (secondary N) is 1. The van der Waals surface area contributed by atoms with Gasteiger partial charge in [-0.2, -0.15) is 0 Å². The Labute approximate surface area is 96.6 Å². The minimum Gasteiger partial charge on any atom is -0.494 e. The van der Waals surface area contributed by atoms with Gasteiger partial charge in [-0.05, 0) is 6.07 Å². The maximum atomic E-state index is 10.9. The normalized spacial score (nSPS) is 11.3. The van der Waals surface area contributed by atoms with Gasteiger partial charge in [0.1, 0.15) is 5.88 Å². The zero-order valence-corrected chi connectivity index (χ0v) is 9.03. The second-order valence-electron chi connectivity index (χ2n) is 3.22. The van der Waals surface area contributed by atoms with Gasteiger partial charge in [0.05, 0.1) is 5.56 Å². The van der Waals surface area contributed by atoms with E-state index >= 15 is 0 Å². The predicted molar refractivity (Wildman–Crippen MR) is 63.3 cm³/mol. The zero-order chi connectivity index (χ0) is 11.5. The topological polar surface area (TPSA) is 65.4 Å². The van der Waals surface area contributed by atoms with E-state index in [4.69, 9.17) is 11.6 Å². The lowest BCUT2D eigenvalue weighted by Gasteiger charge is -1.90. The summed E-state index contributed by atoms with van der Waals surface area (Å²) in [7, 11) is 0. The van der Waals surface area contributed by atoms with E-state index in [-0.39, 0.29) is 11.8 Å². The molecular formula is C11H9ClN2O2. The standard InChI is InChI=1S/C11H9ClN2O2/c12-5-10(15)13-6-8-7-3-1-2-4-9(7)14-11(8)16/h1-4,6,14,16H,5H2. The minimum absolute atomic E-state index is 0.00711. The molecule has 0 aliphatic rings. The van der Waals surface area contributed by atoms with E-state index in [2.05, 4.69) is 9.98 Å². The van der Waals surface area contributed by atoms with E-state index in [1.54, 1.807) is 0 Å². The molecule has 0 aliphatic carbocycles. The third-order valence-electron chi connectivity index (χ3n) is 2.18. The zero-order valence-electron chi connectivity index (χ0n) is 8.27. The van der Waals surface area contributed by atoms with Crippen LogP contribution in [0.3, 0.4) is 0 Å². The molecule has 0 atom stereocenters. The Hall–Kier alpha value is -1.81. The summed E-state index contributed by atoms with van der Waals surface area (Å²) in [6.45, 7) is 0. The van der Waals surface area contributed by atoms with Gasteiger partial charge in [0.2, 0.25) is 0 Å². The fraction of sp³-hybridized carbons (Fsp3) is 0.0909. The van der Waals surface area contributed by atoms with Crippen molar-refractivity contribution in [1.29, 1.82) is 0 Å². The highest BCUT2D eigenvalue weighted by molar-refractivity contribution is 6.28. The molecule has 0 aliphatic heterocycles. The Morgan fingerprint density at radius 3 is 3.00 bits per heavy atom. The van der Waals surface area contributed by atoms with Crippen molar-refractivity contribution in [2.24, 2.45) is 4.99 Å². The van der Waals surface area contributed by atoms with Crippen molar-refractivity contribution in [2.75, 3.05) is 5.88 Å². The lowest BCUT2D eigenvalue weighted by atomic mass is 10.2. The van der Waals surface area contributed by atoms with Gasteiger partial charge in [0, 0.05) is 17.1 Å². The summed E-state index contributed by atoms with van der Waals surface area (Å²) in [6.07, 6.45) is 1.32. The molecule has 0 saturated heterocycles. The van der Waals surface area contributed by atoms with Crippen molar-refractivity contribution in [3.63, 3.8) is 0 Å². The lowest BCUT2D eigenvalue weighted by molar-refractivity contribution is -0.115. The Kier molecular flexibility index (Phi) is 2.92. The van der Waals surface area contributed by atoms with Gasteiger partial charge in [-0.25, -0.2) is 4.99 Å². The largest absolute Gasteiger partial charge is 0.494 e. The molecule has 1 heterocycles. The van der Waals surface area contributed by atoms with Crippen LogP contribution in [0.5, 0.6) is 5.88 Å². The number of fused-ring (bicyclic) bond motifs is 1. The number of aliphatic imine (C=N–C) groups is 1. The molecule has 0 unspecified atom stereocenters. The second kappa shape index (κ2) is 4.37. The molecule has 0 fully saturated rings. The van der Waals surface area contributed by atoms with Crippen molar-refractivity contribution in [3.8, 4) is 5.88 Å². The number of carbonyl (C=O) groups excluding carboxylic acids is 1. The highest BCUT2D eigenvalue weighted by Gasteiger charge is 2.07. The molecule has 0 bridgehead atoms. The first-order chi connectivity index (χ1) is 7.72. The number of hydrogen-bond donors (Lipinski definition) is 2. The molecule has 1 amide bonds. The van der Waals surface area contributed by atoms with Crippen molar-refractivity contribution in [3.05, 3.63) is 29.8 Å². The number of halogens is 1. The maximum absolute atomic E-state index is 10.9. The Bertz CT molecular complexity index is 560. The van der Waals surface area contributed by atoms with Gasteiger partial charge < -0.3 is 10.1 Å². The van der Waals surface area contributed by atoms with Crippen LogP contribution < -0.4 is 0 Å². The summed E-state index contributed by atoms with van der Waals surface area (Å²) in [5, 5.41) is 10.4. The third kappa shape index (κ3) is 1.92. The number of alkyl halides is 1. The molecule has 0 saturated carbocycles. The summed E-state index contributed by atoms with van der Waals surface area (Å²) in [5.41, 5.74) is 1.29. The predicted octanol–water partition coefficient (Wildman–Crippen LogP) is 2.06. The minimum atomic E-state index is -0.439. The Balaban J connectivity index is 2.47. The van der Waals surface area contributed by atoms with E-state index in [0.717, 1.165) is 10.9 Å². The smallest absolute Gasteiger partial charge is 0.260 e. The molecule has 0 radical (unpaired) electrons. The summed E-state index contributed by atoms with van der Waals surface area (Å²) in [5.74, 6) is -0.613. The first kappa shape index (κ1) is 10.7. The highest BCUT2D eigenvalue weighted by atomic mass is 35.5. The fourth-order valence-corrected chi connectivity index (χ4v) is 1.52. The van der Waals surface area contributed by atoms with Crippen molar-refractivity contribution >= 4 is 34.6 Å². The maximum Gasteiger partial charge on any atom is 0.260 e. The van der Waals surface area contributed by atoms with Gasteiger partial charge in [-0.3, -0.25) is 4.79 Å². The monoisotopic (exact) mass is 236 g/mol. The van der Waals surface area contributed by atoms with E-state index < -0.39 is 5.91 Å². The molecule has 0 spiro atoms. The number of H-pyrrole nitrogens is 1. The number of benzene rings is 1. The molecule has 1 aromatic heterocycles. The molecule has 1 aromatic carbocycles. The van der Waals surface area contributed by atoms with Crippen LogP contribution in [0.15, 0.2) is 29.3 Å². The first-order valence-electron chi connectivity index (χ1n) is 4.65. The molecule has 2 N–H and O–H groups in total. The van der Waals surface area contributed by atoms with Crippen LogP contribution in [0, 0.1) is 0 Å². The van der Waals surface area contributed by atoms with Crippen LogP contribution in [-0.4, -0.2) is 28.1 Å².